The number of nitrogens with zero attached hydrogens (tertiary/aromatic N) is 1. The minimum Gasteiger partial charge on any atom is -0.207 e. The van der Waals surface area contributed by atoms with Crippen LogP contribution >= 0.6 is 0 Å². The van der Waals surface area contributed by atoms with E-state index >= 15 is 0 Å². The van der Waals surface area contributed by atoms with Crippen LogP contribution in [0.5, 0.6) is 0 Å². The average molecular weight is 351 g/mol. The Balaban J connectivity index is 1.99. The normalized spacial score (nSPS) is 16.3. The SMILES string of the molecule is C[C@@H](C1CC1)N(Cc1ccccc1)S(=O)(=O)c1ccc(F)cc1F. The average Bonchev–Trinajstić information content (AvgIpc) is 3.37. The van der Waals surface area contributed by atoms with Gasteiger partial charge in [0.25, 0.3) is 0 Å². The van der Waals surface area contributed by atoms with E-state index in [1.165, 1.54) is 4.31 Å². The molecule has 1 aliphatic carbocycles. The highest BCUT2D eigenvalue weighted by Crippen LogP contribution is 2.38. The molecule has 2 aromatic rings. The molecule has 0 heterocycles. The first kappa shape index (κ1) is 17.0. The van der Waals surface area contributed by atoms with E-state index in [0.29, 0.717) is 6.07 Å². The Hall–Kier alpha value is -1.79. The van der Waals surface area contributed by atoms with Gasteiger partial charge in [-0.1, -0.05) is 30.3 Å². The van der Waals surface area contributed by atoms with E-state index in [4.69, 9.17) is 0 Å². The predicted molar refractivity (Wildman–Crippen MR) is 87.7 cm³/mol. The zero-order valence-electron chi connectivity index (χ0n) is 13.3. The van der Waals surface area contributed by atoms with Crippen molar-refractivity contribution in [1.82, 2.24) is 4.31 Å². The van der Waals surface area contributed by atoms with E-state index in [1.807, 2.05) is 37.3 Å². The number of hydrogen-bond acceptors (Lipinski definition) is 2. The minimum absolute atomic E-state index is 0.164. The Bertz CT molecular complexity index is 820. The molecule has 0 aliphatic heterocycles. The third-order valence-corrected chi connectivity index (χ3v) is 6.39. The van der Waals surface area contributed by atoms with Crippen LogP contribution in [0.3, 0.4) is 0 Å². The van der Waals surface area contributed by atoms with Crippen LogP contribution in [0.15, 0.2) is 53.4 Å². The van der Waals surface area contributed by atoms with E-state index in [-0.39, 0.29) is 18.5 Å². The Morgan fingerprint density at radius 2 is 1.79 bits per heavy atom. The molecule has 1 fully saturated rings. The van der Waals surface area contributed by atoms with Gasteiger partial charge in [0.2, 0.25) is 10.0 Å². The van der Waals surface area contributed by atoms with Gasteiger partial charge in [0.1, 0.15) is 16.5 Å². The molecule has 1 atom stereocenters. The van der Waals surface area contributed by atoms with Crippen molar-refractivity contribution >= 4 is 10.0 Å². The molecule has 6 heteroatoms. The van der Waals surface area contributed by atoms with Crippen molar-refractivity contribution in [3.05, 3.63) is 65.7 Å². The quantitative estimate of drug-likeness (QED) is 0.790. The van der Waals surface area contributed by atoms with Crippen LogP contribution in [0, 0.1) is 17.6 Å². The molecule has 0 radical (unpaired) electrons. The van der Waals surface area contributed by atoms with Crippen LogP contribution in [0.1, 0.15) is 25.3 Å². The van der Waals surface area contributed by atoms with Crippen molar-refractivity contribution in [3.63, 3.8) is 0 Å². The van der Waals surface area contributed by atoms with E-state index in [0.717, 1.165) is 30.5 Å². The number of rotatable bonds is 6. The molecule has 128 valence electrons. The van der Waals surface area contributed by atoms with Crippen LogP contribution in [-0.2, 0) is 16.6 Å². The summed E-state index contributed by atoms with van der Waals surface area (Å²) in [5.74, 6) is -1.57. The molecule has 1 saturated carbocycles. The summed E-state index contributed by atoms with van der Waals surface area (Å²) < 4.78 is 54.6. The van der Waals surface area contributed by atoms with E-state index in [1.54, 1.807) is 0 Å². The molecule has 0 unspecified atom stereocenters. The zero-order valence-corrected chi connectivity index (χ0v) is 14.1. The first-order valence-corrected chi connectivity index (χ1v) is 9.34. The van der Waals surface area contributed by atoms with Crippen molar-refractivity contribution in [2.75, 3.05) is 0 Å². The minimum atomic E-state index is -4.06. The molecule has 3 nitrogen and oxygen atoms in total. The third kappa shape index (κ3) is 3.49. The van der Waals surface area contributed by atoms with Crippen LogP contribution in [0.2, 0.25) is 0 Å². The first-order chi connectivity index (χ1) is 11.4. The highest BCUT2D eigenvalue weighted by molar-refractivity contribution is 7.89. The monoisotopic (exact) mass is 351 g/mol. The summed E-state index contributed by atoms with van der Waals surface area (Å²) in [6, 6.07) is 11.5. The summed E-state index contributed by atoms with van der Waals surface area (Å²) in [5.41, 5.74) is 0.830. The second kappa shape index (κ2) is 6.61. The third-order valence-electron chi connectivity index (χ3n) is 4.42. The molecule has 0 bridgehead atoms. The summed E-state index contributed by atoms with van der Waals surface area (Å²) in [6.45, 7) is 2.01. The maximum Gasteiger partial charge on any atom is 0.246 e. The van der Waals surface area contributed by atoms with Gasteiger partial charge in [-0.2, -0.15) is 4.31 Å². The van der Waals surface area contributed by atoms with E-state index < -0.39 is 26.6 Å². The molecule has 24 heavy (non-hydrogen) atoms. The summed E-state index contributed by atoms with van der Waals surface area (Å²) in [4.78, 5) is -0.479. The van der Waals surface area contributed by atoms with Gasteiger partial charge in [-0.3, -0.25) is 0 Å². The lowest BCUT2D eigenvalue weighted by atomic mass is 10.2. The van der Waals surface area contributed by atoms with Crippen LogP contribution in [0.4, 0.5) is 8.78 Å². The largest absolute Gasteiger partial charge is 0.246 e. The van der Waals surface area contributed by atoms with Crippen molar-refractivity contribution in [1.29, 1.82) is 0 Å². The summed E-state index contributed by atoms with van der Waals surface area (Å²) in [7, 11) is -4.06. The van der Waals surface area contributed by atoms with E-state index in [9.17, 15) is 17.2 Å². The Morgan fingerprint density at radius 1 is 1.12 bits per heavy atom. The predicted octanol–water partition coefficient (Wildman–Crippen LogP) is 3.95. The van der Waals surface area contributed by atoms with Gasteiger partial charge in [0.15, 0.2) is 0 Å². The fraction of sp³-hybridized carbons (Fsp3) is 0.333. The molecule has 1 aliphatic rings. The Labute approximate surface area is 141 Å². The molecular weight excluding hydrogens is 332 g/mol. The lowest BCUT2D eigenvalue weighted by Gasteiger charge is -2.28. The van der Waals surface area contributed by atoms with Gasteiger partial charge in [0, 0.05) is 18.7 Å². The van der Waals surface area contributed by atoms with Crippen molar-refractivity contribution < 1.29 is 17.2 Å². The molecular formula is C18H19F2NO2S. The Morgan fingerprint density at radius 3 is 2.38 bits per heavy atom. The van der Waals surface area contributed by atoms with Gasteiger partial charge in [-0.05, 0) is 43.4 Å². The molecule has 0 spiro atoms. The molecule has 0 N–H and O–H groups in total. The standard InChI is InChI=1S/C18H19F2NO2S/c1-13(15-7-8-15)21(12-14-5-3-2-4-6-14)24(22,23)18-10-9-16(19)11-17(18)20/h2-6,9-11,13,15H,7-8,12H2,1H3/t13-/m0/s1. The summed E-state index contributed by atoms with van der Waals surface area (Å²) in [6.07, 6.45) is 1.93. The van der Waals surface area contributed by atoms with Crippen LogP contribution in [0.25, 0.3) is 0 Å². The van der Waals surface area contributed by atoms with Crippen LogP contribution < -0.4 is 0 Å². The zero-order chi connectivity index (χ0) is 17.3. The van der Waals surface area contributed by atoms with Gasteiger partial charge < -0.3 is 0 Å². The van der Waals surface area contributed by atoms with E-state index in [2.05, 4.69) is 0 Å². The lowest BCUT2D eigenvalue weighted by molar-refractivity contribution is 0.301. The van der Waals surface area contributed by atoms with Gasteiger partial charge in [-0.25, -0.2) is 17.2 Å². The van der Waals surface area contributed by atoms with Crippen molar-refractivity contribution in [3.8, 4) is 0 Å². The number of sulfonamides is 1. The lowest BCUT2D eigenvalue weighted by Crippen LogP contribution is -2.39. The highest BCUT2D eigenvalue weighted by Gasteiger charge is 2.39. The van der Waals surface area contributed by atoms with Gasteiger partial charge in [-0.15, -0.1) is 0 Å². The number of hydrogen-bond donors (Lipinski definition) is 0. The van der Waals surface area contributed by atoms with Gasteiger partial charge in [0.05, 0.1) is 0 Å². The van der Waals surface area contributed by atoms with Crippen molar-refractivity contribution in [2.45, 2.75) is 37.2 Å². The van der Waals surface area contributed by atoms with Crippen LogP contribution in [-0.4, -0.2) is 18.8 Å². The summed E-state index contributed by atoms with van der Waals surface area (Å²) >= 11 is 0. The second-order valence-electron chi connectivity index (χ2n) is 6.19. The number of benzene rings is 2. The maximum atomic E-state index is 14.1. The fourth-order valence-electron chi connectivity index (χ4n) is 2.84. The molecule has 0 saturated heterocycles. The molecule has 0 amide bonds. The molecule has 0 aromatic heterocycles. The molecule has 3 rings (SSSR count). The Kier molecular flexibility index (Phi) is 4.69. The van der Waals surface area contributed by atoms with Crippen molar-refractivity contribution in [2.24, 2.45) is 5.92 Å². The topological polar surface area (TPSA) is 37.4 Å². The number of halogens is 2. The summed E-state index contributed by atoms with van der Waals surface area (Å²) in [5, 5.41) is 0. The maximum absolute atomic E-state index is 14.1. The van der Waals surface area contributed by atoms with Gasteiger partial charge >= 0.3 is 0 Å². The fourth-order valence-corrected chi connectivity index (χ4v) is 4.56. The second-order valence-corrected chi connectivity index (χ2v) is 8.05. The first-order valence-electron chi connectivity index (χ1n) is 7.90. The molecule has 2 aromatic carbocycles. The highest BCUT2D eigenvalue weighted by atomic mass is 32.2. The smallest absolute Gasteiger partial charge is 0.207 e.